The number of amides is 1. The van der Waals surface area contributed by atoms with Gasteiger partial charge in [-0.3, -0.25) is 4.79 Å². The number of nitrogens with zero attached hydrogens (tertiary/aromatic N) is 1. The van der Waals surface area contributed by atoms with Crippen molar-refractivity contribution >= 4 is 32.4 Å². The minimum absolute atomic E-state index is 0.0857. The maximum atomic E-state index is 13.1. The predicted octanol–water partition coefficient (Wildman–Crippen LogP) is 4.28. The molecule has 1 aliphatic rings. The highest BCUT2D eigenvalue weighted by molar-refractivity contribution is 7.89. The number of hydrogen-bond acceptors (Lipinski definition) is 4. The standard InChI is InChI=1S/C23H24N2O4S/c1-2-29-21-12-11-20(16-22(21)30(27,28)25-13-5-6-14-25)24-23(26)19-10-9-17-7-3-4-8-18(17)15-19/h3-4,7-12,15-16H,2,5-6,13-14H2,1H3,(H,24,26). The maximum Gasteiger partial charge on any atom is 0.255 e. The molecule has 0 radical (unpaired) electrons. The third-order valence-electron chi connectivity index (χ3n) is 5.20. The largest absolute Gasteiger partial charge is 0.492 e. The van der Waals surface area contributed by atoms with Crippen molar-refractivity contribution in [1.29, 1.82) is 0 Å². The van der Waals surface area contributed by atoms with Crippen LogP contribution in [0.4, 0.5) is 5.69 Å². The first-order chi connectivity index (χ1) is 14.5. The number of carbonyl (C=O) groups is 1. The Balaban J connectivity index is 1.64. The van der Waals surface area contributed by atoms with Crippen LogP contribution in [0.15, 0.2) is 65.6 Å². The molecule has 1 saturated heterocycles. The number of hydrogen-bond donors (Lipinski definition) is 1. The van der Waals surface area contributed by atoms with E-state index in [0.717, 1.165) is 23.6 Å². The molecule has 0 aliphatic carbocycles. The van der Waals surface area contributed by atoms with Crippen molar-refractivity contribution in [3.8, 4) is 5.75 Å². The first-order valence-corrected chi connectivity index (χ1v) is 11.5. The Morgan fingerprint density at radius 1 is 1.00 bits per heavy atom. The molecule has 4 rings (SSSR count). The summed E-state index contributed by atoms with van der Waals surface area (Å²) >= 11 is 0. The molecule has 1 amide bonds. The number of ether oxygens (including phenoxy) is 1. The van der Waals surface area contributed by atoms with Gasteiger partial charge in [-0.15, -0.1) is 0 Å². The van der Waals surface area contributed by atoms with Crippen molar-refractivity contribution in [1.82, 2.24) is 4.31 Å². The van der Waals surface area contributed by atoms with E-state index in [1.54, 1.807) is 18.2 Å². The number of carbonyl (C=O) groups excluding carboxylic acids is 1. The highest BCUT2D eigenvalue weighted by Crippen LogP contribution is 2.32. The second-order valence-electron chi connectivity index (χ2n) is 7.22. The highest BCUT2D eigenvalue weighted by atomic mass is 32.2. The van der Waals surface area contributed by atoms with Gasteiger partial charge in [0, 0.05) is 24.3 Å². The van der Waals surface area contributed by atoms with E-state index in [-0.39, 0.29) is 10.8 Å². The van der Waals surface area contributed by atoms with Crippen molar-refractivity contribution in [2.24, 2.45) is 0 Å². The van der Waals surface area contributed by atoms with E-state index >= 15 is 0 Å². The molecule has 1 heterocycles. The molecule has 0 aromatic heterocycles. The van der Waals surface area contributed by atoms with E-state index in [0.29, 0.717) is 36.7 Å². The number of nitrogens with one attached hydrogen (secondary N) is 1. The molecular weight excluding hydrogens is 400 g/mol. The first-order valence-electron chi connectivity index (χ1n) is 10.1. The van der Waals surface area contributed by atoms with Crippen LogP contribution in [0.3, 0.4) is 0 Å². The van der Waals surface area contributed by atoms with Gasteiger partial charge in [-0.05, 0) is 60.9 Å². The highest BCUT2D eigenvalue weighted by Gasteiger charge is 2.30. The Hall–Kier alpha value is -2.90. The van der Waals surface area contributed by atoms with E-state index in [2.05, 4.69) is 5.32 Å². The average Bonchev–Trinajstić information content (AvgIpc) is 3.30. The Kier molecular flexibility index (Phi) is 5.74. The summed E-state index contributed by atoms with van der Waals surface area (Å²) in [5.41, 5.74) is 0.918. The fraction of sp³-hybridized carbons (Fsp3) is 0.261. The lowest BCUT2D eigenvalue weighted by atomic mass is 10.1. The third kappa shape index (κ3) is 4.04. The van der Waals surface area contributed by atoms with E-state index in [1.807, 2.05) is 43.3 Å². The molecule has 156 valence electrons. The Morgan fingerprint density at radius 3 is 2.47 bits per heavy atom. The molecule has 7 heteroatoms. The van der Waals surface area contributed by atoms with Gasteiger partial charge in [0.15, 0.2) is 0 Å². The van der Waals surface area contributed by atoms with Crippen LogP contribution in [0.5, 0.6) is 5.75 Å². The molecule has 6 nitrogen and oxygen atoms in total. The summed E-state index contributed by atoms with van der Waals surface area (Å²) in [6, 6.07) is 18.0. The number of fused-ring (bicyclic) bond motifs is 1. The summed E-state index contributed by atoms with van der Waals surface area (Å²) in [6.07, 6.45) is 1.70. The molecule has 0 unspecified atom stereocenters. The van der Waals surface area contributed by atoms with Crippen LogP contribution in [0.1, 0.15) is 30.1 Å². The van der Waals surface area contributed by atoms with Crippen molar-refractivity contribution in [3.05, 3.63) is 66.2 Å². The van der Waals surface area contributed by atoms with Gasteiger partial charge in [0.2, 0.25) is 10.0 Å². The van der Waals surface area contributed by atoms with Crippen LogP contribution in [-0.2, 0) is 10.0 Å². The smallest absolute Gasteiger partial charge is 0.255 e. The predicted molar refractivity (Wildman–Crippen MR) is 118 cm³/mol. The second-order valence-corrected chi connectivity index (χ2v) is 9.13. The zero-order valence-corrected chi connectivity index (χ0v) is 17.6. The quantitative estimate of drug-likeness (QED) is 0.641. The summed E-state index contributed by atoms with van der Waals surface area (Å²) < 4.78 is 33.3. The van der Waals surface area contributed by atoms with E-state index in [4.69, 9.17) is 4.74 Å². The molecule has 0 bridgehead atoms. The maximum absolute atomic E-state index is 13.1. The fourth-order valence-corrected chi connectivity index (χ4v) is 5.34. The minimum Gasteiger partial charge on any atom is -0.492 e. The third-order valence-corrected chi connectivity index (χ3v) is 7.12. The van der Waals surface area contributed by atoms with Gasteiger partial charge < -0.3 is 10.1 Å². The van der Waals surface area contributed by atoms with Gasteiger partial charge in [-0.1, -0.05) is 30.3 Å². The van der Waals surface area contributed by atoms with E-state index in [9.17, 15) is 13.2 Å². The lowest BCUT2D eigenvalue weighted by molar-refractivity contribution is 0.102. The van der Waals surface area contributed by atoms with Crippen molar-refractivity contribution in [2.75, 3.05) is 25.0 Å². The molecule has 1 aliphatic heterocycles. The summed E-state index contributed by atoms with van der Waals surface area (Å²) in [5, 5.41) is 4.83. The molecule has 30 heavy (non-hydrogen) atoms. The van der Waals surface area contributed by atoms with Crippen molar-refractivity contribution < 1.29 is 17.9 Å². The summed E-state index contributed by atoms with van der Waals surface area (Å²) in [6.45, 7) is 3.16. The molecule has 3 aromatic rings. The lowest BCUT2D eigenvalue weighted by Gasteiger charge is -2.19. The zero-order chi connectivity index (χ0) is 21.1. The normalized spacial score (nSPS) is 14.7. The molecule has 1 N–H and O–H groups in total. The van der Waals surface area contributed by atoms with Crippen LogP contribution < -0.4 is 10.1 Å². The number of benzene rings is 3. The number of anilines is 1. The molecular formula is C23H24N2O4S. The van der Waals surface area contributed by atoms with Gasteiger partial charge in [-0.25, -0.2) is 8.42 Å². The Morgan fingerprint density at radius 2 is 1.73 bits per heavy atom. The van der Waals surface area contributed by atoms with Gasteiger partial charge in [0.05, 0.1) is 6.61 Å². The summed E-state index contributed by atoms with van der Waals surface area (Å²) in [5.74, 6) is 0.00235. The van der Waals surface area contributed by atoms with E-state index < -0.39 is 10.0 Å². The van der Waals surface area contributed by atoms with Crippen LogP contribution in [-0.4, -0.2) is 38.3 Å². The average molecular weight is 425 g/mol. The van der Waals surface area contributed by atoms with Gasteiger partial charge in [-0.2, -0.15) is 4.31 Å². The lowest BCUT2D eigenvalue weighted by Crippen LogP contribution is -2.28. The SMILES string of the molecule is CCOc1ccc(NC(=O)c2ccc3ccccc3c2)cc1S(=O)(=O)N1CCCC1. The fourth-order valence-electron chi connectivity index (χ4n) is 3.66. The molecule has 1 fully saturated rings. The number of rotatable bonds is 6. The number of sulfonamides is 1. The molecule has 0 spiro atoms. The van der Waals surface area contributed by atoms with Gasteiger partial charge in [0.25, 0.3) is 5.91 Å². The molecule has 3 aromatic carbocycles. The van der Waals surface area contributed by atoms with Crippen molar-refractivity contribution in [3.63, 3.8) is 0 Å². The van der Waals surface area contributed by atoms with Crippen molar-refractivity contribution in [2.45, 2.75) is 24.7 Å². The van der Waals surface area contributed by atoms with Gasteiger partial charge >= 0.3 is 0 Å². The van der Waals surface area contributed by atoms with Gasteiger partial charge in [0.1, 0.15) is 10.6 Å². The van der Waals surface area contributed by atoms with Crippen LogP contribution in [0, 0.1) is 0 Å². The minimum atomic E-state index is -3.69. The molecule has 0 atom stereocenters. The zero-order valence-electron chi connectivity index (χ0n) is 16.8. The van der Waals surface area contributed by atoms with E-state index in [1.165, 1.54) is 10.4 Å². The van der Waals surface area contributed by atoms with Crippen LogP contribution in [0.2, 0.25) is 0 Å². The Bertz CT molecular complexity index is 1180. The molecule has 0 saturated carbocycles. The topological polar surface area (TPSA) is 75.7 Å². The second kappa shape index (κ2) is 8.45. The monoisotopic (exact) mass is 424 g/mol. The summed E-state index contributed by atoms with van der Waals surface area (Å²) in [7, 11) is -3.69. The summed E-state index contributed by atoms with van der Waals surface area (Å²) in [4.78, 5) is 12.9. The van der Waals surface area contributed by atoms with Crippen LogP contribution in [0.25, 0.3) is 10.8 Å². The van der Waals surface area contributed by atoms with Crippen LogP contribution >= 0.6 is 0 Å². The Labute approximate surface area is 176 Å². The first kappa shape index (κ1) is 20.4.